The van der Waals surface area contributed by atoms with Gasteiger partial charge >= 0.3 is 0 Å². The van der Waals surface area contributed by atoms with Crippen LogP contribution in [0.5, 0.6) is 0 Å². The maximum absolute atomic E-state index is 12.8. The van der Waals surface area contributed by atoms with Gasteiger partial charge in [-0.25, -0.2) is 0 Å². The third-order valence-electron chi connectivity index (χ3n) is 8.30. The first-order valence-corrected chi connectivity index (χ1v) is 17.8. The minimum atomic E-state index is 0.309. The zero-order valence-electron chi connectivity index (χ0n) is 24.6. The van der Waals surface area contributed by atoms with Crippen molar-refractivity contribution in [2.45, 2.75) is 136 Å². The lowest BCUT2D eigenvalue weighted by atomic mass is 10.0. The van der Waals surface area contributed by atoms with E-state index < -0.39 is 0 Å². The Morgan fingerprint density at radius 1 is 0.564 bits per heavy atom. The Morgan fingerprint density at radius 3 is 1.64 bits per heavy atom. The van der Waals surface area contributed by atoms with Gasteiger partial charge in [-0.2, -0.15) is 0 Å². The van der Waals surface area contributed by atoms with Crippen molar-refractivity contribution in [3.63, 3.8) is 0 Å². The molecule has 39 heavy (non-hydrogen) atoms. The molecule has 0 aliphatic carbocycles. The molecule has 0 N–H and O–H groups in total. The summed E-state index contributed by atoms with van der Waals surface area (Å²) in [5, 5.41) is 2.71. The molecular formula is C36H50OS2. The van der Waals surface area contributed by atoms with E-state index in [1.54, 1.807) is 0 Å². The summed E-state index contributed by atoms with van der Waals surface area (Å²) in [6.07, 6.45) is 24.5. The zero-order valence-corrected chi connectivity index (χ0v) is 26.3. The Balaban J connectivity index is 1.27. The van der Waals surface area contributed by atoms with Crippen LogP contribution in [0.1, 0.15) is 145 Å². The van der Waals surface area contributed by atoms with Crippen LogP contribution in [0.3, 0.4) is 0 Å². The predicted octanol–water partition coefficient (Wildman–Crippen LogP) is 13.1. The van der Waals surface area contributed by atoms with Crippen LogP contribution in [0, 0.1) is 0 Å². The summed E-state index contributed by atoms with van der Waals surface area (Å²) < 4.78 is 5.47. The highest BCUT2D eigenvalue weighted by molar-refractivity contribution is 7.36. The molecule has 0 fully saturated rings. The van der Waals surface area contributed by atoms with E-state index in [0.29, 0.717) is 12.2 Å². The Kier molecular flexibility index (Phi) is 12.8. The number of rotatable bonds is 20. The molecule has 212 valence electrons. The van der Waals surface area contributed by atoms with E-state index in [1.807, 2.05) is 22.7 Å². The highest BCUT2D eigenvalue weighted by atomic mass is 32.1. The van der Waals surface area contributed by atoms with E-state index in [1.165, 1.54) is 144 Å². The minimum Gasteiger partial charge on any atom is -0.294 e. The van der Waals surface area contributed by atoms with Crippen molar-refractivity contribution in [2.75, 3.05) is 0 Å². The molecule has 1 nitrogen and oxygen atoms in total. The van der Waals surface area contributed by atoms with Crippen LogP contribution >= 0.6 is 22.7 Å². The van der Waals surface area contributed by atoms with Gasteiger partial charge in [0.2, 0.25) is 0 Å². The van der Waals surface area contributed by atoms with Crippen molar-refractivity contribution >= 4 is 58.0 Å². The molecule has 0 aliphatic rings. The normalized spacial score (nSPS) is 11.8. The smallest absolute Gasteiger partial charge is 0.162 e. The molecule has 4 aromatic rings. The van der Waals surface area contributed by atoms with Crippen molar-refractivity contribution in [1.82, 2.24) is 0 Å². The number of carbonyl (C=O) groups excluding carboxylic acids is 1. The lowest BCUT2D eigenvalue weighted by molar-refractivity contribution is 0.0979. The number of hydrogen-bond donors (Lipinski definition) is 0. The maximum Gasteiger partial charge on any atom is 0.162 e. The topological polar surface area (TPSA) is 17.1 Å². The first kappa shape index (κ1) is 30.3. The van der Waals surface area contributed by atoms with E-state index in [2.05, 4.69) is 50.2 Å². The molecule has 0 amide bonds. The highest BCUT2D eigenvalue weighted by Gasteiger charge is 2.14. The lowest BCUT2D eigenvalue weighted by Gasteiger charge is -2.04. The number of ketones is 1. The minimum absolute atomic E-state index is 0.309. The number of Topliss-reactive ketones (excluding diaryl/α,β-unsaturated/α-hetero) is 1. The quantitative estimate of drug-likeness (QED) is 0.0773. The van der Waals surface area contributed by atoms with Gasteiger partial charge < -0.3 is 0 Å². The van der Waals surface area contributed by atoms with Gasteiger partial charge in [0.25, 0.3) is 0 Å². The van der Waals surface area contributed by atoms with Gasteiger partial charge in [-0.05, 0) is 37.0 Å². The van der Waals surface area contributed by atoms with Crippen LogP contribution in [-0.4, -0.2) is 5.78 Å². The van der Waals surface area contributed by atoms with Crippen LogP contribution in [-0.2, 0) is 6.42 Å². The molecule has 0 radical (unpaired) electrons. The first-order valence-electron chi connectivity index (χ1n) is 16.1. The molecule has 0 spiro atoms. The number of thiophene rings is 2. The van der Waals surface area contributed by atoms with Gasteiger partial charge in [0.1, 0.15) is 0 Å². The number of hydrogen-bond acceptors (Lipinski definition) is 3. The molecule has 2 aromatic heterocycles. The molecule has 0 unspecified atom stereocenters. The molecule has 2 heterocycles. The molecule has 3 heteroatoms. The molecule has 4 rings (SSSR count). The number of aryl methyl sites for hydroxylation is 1. The summed E-state index contributed by atoms with van der Waals surface area (Å²) in [6.45, 7) is 4.55. The van der Waals surface area contributed by atoms with Crippen molar-refractivity contribution < 1.29 is 4.79 Å². The van der Waals surface area contributed by atoms with Crippen LogP contribution < -0.4 is 0 Å². The van der Waals surface area contributed by atoms with Gasteiger partial charge in [0.05, 0.1) is 9.40 Å². The Labute approximate surface area is 245 Å². The average Bonchev–Trinajstić information content (AvgIpc) is 3.48. The number of fused-ring (bicyclic) bond motifs is 5. The van der Waals surface area contributed by atoms with E-state index in [9.17, 15) is 4.79 Å². The Hall–Kier alpha value is -1.71. The van der Waals surface area contributed by atoms with Crippen molar-refractivity contribution in [3.05, 3.63) is 47.5 Å². The van der Waals surface area contributed by atoms with E-state index in [4.69, 9.17) is 0 Å². The summed E-state index contributed by atoms with van der Waals surface area (Å²) in [4.78, 5) is 12.8. The number of unbranched alkanes of at least 4 members (excludes halogenated alkanes) is 15. The van der Waals surface area contributed by atoms with Crippen molar-refractivity contribution in [2.24, 2.45) is 0 Å². The third-order valence-corrected chi connectivity index (χ3v) is 10.8. The van der Waals surface area contributed by atoms with Gasteiger partial charge in [-0.1, -0.05) is 134 Å². The maximum atomic E-state index is 12.8. The second-order valence-electron chi connectivity index (χ2n) is 11.6. The summed E-state index contributed by atoms with van der Waals surface area (Å²) in [6, 6.07) is 13.6. The average molecular weight is 563 g/mol. The molecule has 0 bridgehead atoms. The van der Waals surface area contributed by atoms with Crippen LogP contribution in [0.2, 0.25) is 0 Å². The second kappa shape index (κ2) is 16.5. The standard InChI is InChI=1S/C36H50OS2/c1-3-5-7-9-11-12-13-15-16-18-20-28-22-24-30-33(26-28)38-36-31-25-23-29(27-34(31)39-35(30)36)32(37)21-19-17-14-10-8-6-4-2/h22-27H,3-21H2,1-2H3. The predicted molar refractivity (Wildman–Crippen MR) is 177 cm³/mol. The van der Waals surface area contributed by atoms with E-state index in [0.717, 1.165) is 12.0 Å². The molecule has 0 aliphatic heterocycles. The SMILES string of the molecule is CCCCCCCCCCCCc1ccc2c(c1)sc1c3ccc(C(=O)CCCCCCCCC)cc3sc21. The second-order valence-corrected chi connectivity index (χ2v) is 13.7. The number of benzene rings is 2. The van der Waals surface area contributed by atoms with Gasteiger partial charge in [0.15, 0.2) is 5.78 Å². The first-order chi connectivity index (χ1) is 19.2. The fraction of sp³-hybridized carbons (Fsp3) is 0.583. The Bertz CT molecular complexity index is 1290. The summed E-state index contributed by atoms with van der Waals surface area (Å²) >= 11 is 3.80. The molecule has 0 atom stereocenters. The third kappa shape index (κ3) is 8.89. The molecule has 0 saturated carbocycles. The largest absolute Gasteiger partial charge is 0.294 e. The van der Waals surface area contributed by atoms with Gasteiger partial charge in [-0.3, -0.25) is 4.79 Å². The summed E-state index contributed by atoms with van der Waals surface area (Å²) in [5.74, 6) is 0.309. The van der Waals surface area contributed by atoms with Gasteiger partial charge in [-0.15, -0.1) is 22.7 Å². The van der Waals surface area contributed by atoms with E-state index >= 15 is 0 Å². The molecular weight excluding hydrogens is 513 g/mol. The number of carbonyl (C=O) groups is 1. The summed E-state index contributed by atoms with van der Waals surface area (Å²) in [5.41, 5.74) is 2.38. The highest BCUT2D eigenvalue weighted by Crippen LogP contribution is 2.44. The van der Waals surface area contributed by atoms with Crippen LogP contribution in [0.25, 0.3) is 29.6 Å². The molecule has 0 saturated heterocycles. The summed E-state index contributed by atoms with van der Waals surface area (Å²) in [7, 11) is 0. The fourth-order valence-corrected chi connectivity index (χ4v) is 8.59. The van der Waals surface area contributed by atoms with Crippen LogP contribution in [0.4, 0.5) is 0 Å². The lowest BCUT2D eigenvalue weighted by Crippen LogP contribution is -1.98. The van der Waals surface area contributed by atoms with Gasteiger partial charge in [0, 0.05) is 32.2 Å². The van der Waals surface area contributed by atoms with Crippen LogP contribution in [0.15, 0.2) is 36.4 Å². The van der Waals surface area contributed by atoms with E-state index in [-0.39, 0.29) is 0 Å². The monoisotopic (exact) mass is 562 g/mol. The Morgan fingerprint density at radius 2 is 1.05 bits per heavy atom. The van der Waals surface area contributed by atoms with Crippen molar-refractivity contribution in [3.8, 4) is 0 Å². The zero-order chi connectivity index (χ0) is 27.3. The van der Waals surface area contributed by atoms with Crippen molar-refractivity contribution in [1.29, 1.82) is 0 Å². The fourth-order valence-electron chi connectivity index (χ4n) is 5.83. The molecule has 2 aromatic carbocycles.